The summed E-state index contributed by atoms with van der Waals surface area (Å²) < 4.78 is 6.91. The lowest BCUT2D eigenvalue weighted by Crippen LogP contribution is -2.31. The minimum absolute atomic E-state index is 0.0650. The van der Waals surface area contributed by atoms with E-state index in [-0.39, 0.29) is 24.5 Å². The van der Waals surface area contributed by atoms with E-state index in [1.807, 2.05) is 47.8 Å². The standard InChI is InChI=1S/C20H22N4O3S2/c1-27-17(18-8-5-9-28-18)11-21-19(25)13-24-12-15(10-22-24)23-20(26)14-29-16-6-3-2-4-7-16/h2-10,12,17H,11,13-14H2,1H3,(H,21,25)(H,23,26). The number of nitrogens with zero attached hydrogens (tertiary/aromatic N) is 2. The summed E-state index contributed by atoms with van der Waals surface area (Å²) in [5, 5.41) is 11.7. The van der Waals surface area contributed by atoms with Gasteiger partial charge < -0.3 is 15.4 Å². The molecule has 29 heavy (non-hydrogen) atoms. The van der Waals surface area contributed by atoms with E-state index in [0.717, 1.165) is 9.77 Å². The van der Waals surface area contributed by atoms with Crippen molar-refractivity contribution in [2.75, 3.05) is 24.7 Å². The van der Waals surface area contributed by atoms with Gasteiger partial charge in [0.05, 0.1) is 17.6 Å². The first-order valence-corrected chi connectivity index (χ1v) is 10.8. The highest BCUT2D eigenvalue weighted by atomic mass is 32.2. The van der Waals surface area contributed by atoms with Gasteiger partial charge in [-0.2, -0.15) is 5.10 Å². The Hall–Kier alpha value is -2.62. The molecule has 7 nitrogen and oxygen atoms in total. The molecule has 0 bridgehead atoms. The third-order valence-electron chi connectivity index (χ3n) is 3.97. The minimum Gasteiger partial charge on any atom is -0.374 e. The Balaban J connectivity index is 1.42. The van der Waals surface area contributed by atoms with Crippen molar-refractivity contribution in [1.29, 1.82) is 0 Å². The SMILES string of the molecule is COC(CNC(=O)Cn1cc(NC(=O)CSc2ccccc2)cn1)c1cccs1. The Morgan fingerprint density at radius 2 is 2.03 bits per heavy atom. The maximum absolute atomic E-state index is 12.2. The maximum Gasteiger partial charge on any atom is 0.241 e. The van der Waals surface area contributed by atoms with Crippen LogP contribution in [0.15, 0.2) is 65.1 Å². The van der Waals surface area contributed by atoms with Crippen LogP contribution in [0.4, 0.5) is 5.69 Å². The maximum atomic E-state index is 12.2. The molecule has 0 saturated carbocycles. The number of ether oxygens (including phenoxy) is 1. The molecule has 1 atom stereocenters. The molecule has 2 heterocycles. The molecule has 1 unspecified atom stereocenters. The van der Waals surface area contributed by atoms with Crippen LogP contribution in [-0.2, 0) is 20.9 Å². The molecule has 3 aromatic rings. The minimum atomic E-state index is -0.177. The molecule has 9 heteroatoms. The number of carbonyl (C=O) groups excluding carboxylic acids is 2. The smallest absolute Gasteiger partial charge is 0.241 e. The van der Waals surface area contributed by atoms with Crippen LogP contribution in [0.25, 0.3) is 0 Å². The molecule has 0 aliphatic rings. The second-order valence-corrected chi connectivity index (χ2v) is 8.15. The molecule has 0 aliphatic heterocycles. The number of benzene rings is 1. The topological polar surface area (TPSA) is 85.2 Å². The fraction of sp³-hybridized carbons (Fsp3) is 0.250. The predicted octanol–water partition coefficient (Wildman–Crippen LogP) is 3.18. The van der Waals surface area contributed by atoms with Gasteiger partial charge in [0.2, 0.25) is 11.8 Å². The van der Waals surface area contributed by atoms with Gasteiger partial charge in [0.1, 0.15) is 12.6 Å². The number of hydrogen-bond donors (Lipinski definition) is 2. The van der Waals surface area contributed by atoms with Crippen LogP contribution in [0, 0.1) is 0 Å². The van der Waals surface area contributed by atoms with Crippen LogP contribution >= 0.6 is 23.1 Å². The Kier molecular flexibility index (Phi) is 7.85. The van der Waals surface area contributed by atoms with Gasteiger partial charge in [0.25, 0.3) is 0 Å². The van der Waals surface area contributed by atoms with E-state index >= 15 is 0 Å². The van der Waals surface area contributed by atoms with Gasteiger partial charge in [-0.05, 0) is 23.6 Å². The highest BCUT2D eigenvalue weighted by Gasteiger charge is 2.14. The zero-order valence-corrected chi connectivity index (χ0v) is 17.5. The first-order valence-electron chi connectivity index (χ1n) is 8.97. The molecule has 3 rings (SSSR count). The van der Waals surface area contributed by atoms with Gasteiger partial charge in [0.15, 0.2) is 0 Å². The third kappa shape index (κ3) is 6.74. The van der Waals surface area contributed by atoms with Crippen LogP contribution < -0.4 is 10.6 Å². The summed E-state index contributed by atoms with van der Waals surface area (Å²) in [6, 6.07) is 13.7. The summed E-state index contributed by atoms with van der Waals surface area (Å²) >= 11 is 3.05. The van der Waals surface area contributed by atoms with Crippen LogP contribution in [-0.4, -0.2) is 41.0 Å². The van der Waals surface area contributed by atoms with Crippen molar-refractivity contribution in [3.05, 3.63) is 65.1 Å². The van der Waals surface area contributed by atoms with Crippen LogP contribution in [0.3, 0.4) is 0 Å². The number of hydrogen-bond acceptors (Lipinski definition) is 6. The second-order valence-electron chi connectivity index (χ2n) is 6.12. The van der Waals surface area contributed by atoms with E-state index in [0.29, 0.717) is 18.0 Å². The summed E-state index contributed by atoms with van der Waals surface area (Å²) in [5.74, 6) is 0.00234. The van der Waals surface area contributed by atoms with Gasteiger partial charge in [-0.15, -0.1) is 23.1 Å². The Morgan fingerprint density at radius 1 is 1.21 bits per heavy atom. The lowest BCUT2D eigenvalue weighted by Gasteiger charge is -2.14. The quantitative estimate of drug-likeness (QED) is 0.483. The average Bonchev–Trinajstić information content (AvgIpc) is 3.40. The number of nitrogens with one attached hydrogen (secondary N) is 2. The predicted molar refractivity (Wildman–Crippen MR) is 115 cm³/mol. The van der Waals surface area contributed by atoms with E-state index in [1.54, 1.807) is 24.6 Å². The second kappa shape index (κ2) is 10.8. The summed E-state index contributed by atoms with van der Waals surface area (Å²) in [6.07, 6.45) is 2.99. The molecule has 0 spiro atoms. The van der Waals surface area contributed by atoms with Crippen molar-refractivity contribution in [2.24, 2.45) is 0 Å². The average molecular weight is 431 g/mol. The van der Waals surface area contributed by atoms with Crippen molar-refractivity contribution in [3.63, 3.8) is 0 Å². The molecule has 1 aromatic carbocycles. The molecular formula is C20H22N4O3S2. The van der Waals surface area contributed by atoms with Crippen molar-refractivity contribution >= 4 is 40.6 Å². The lowest BCUT2D eigenvalue weighted by atomic mass is 10.3. The summed E-state index contributed by atoms with van der Waals surface area (Å²) in [7, 11) is 1.62. The van der Waals surface area contributed by atoms with Crippen molar-refractivity contribution in [3.8, 4) is 0 Å². The number of amides is 2. The van der Waals surface area contributed by atoms with Crippen molar-refractivity contribution < 1.29 is 14.3 Å². The fourth-order valence-electron chi connectivity index (χ4n) is 2.56. The first-order chi connectivity index (χ1) is 14.1. The molecule has 0 saturated heterocycles. The van der Waals surface area contributed by atoms with Crippen molar-refractivity contribution in [2.45, 2.75) is 17.5 Å². The Morgan fingerprint density at radius 3 is 2.76 bits per heavy atom. The largest absolute Gasteiger partial charge is 0.374 e. The molecule has 2 N–H and O–H groups in total. The Bertz CT molecular complexity index is 913. The van der Waals surface area contributed by atoms with E-state index in [1.165, 1.54) is 22.6 Å². The lowest BCUT2D eigenvalue weighted by molar-refractivity contribution is -0.122. The van der Waals surface area contributed by atoms with Gasteiger partial charge in [-0.25, -0.2) is 0 Å². The molecule has 0 aliphatic carbocycles. The van der Waals surface area contributed by atoms with E-state index in [9.17, 15) is 9.59 Å². The summed E-state index contributed by atoms with van der Waals surface area (Å²) in [5.41, 5.74) is 0.560. The summed E-state index contributed by atoms with van der Waals surface area (Å²) in [6.45, 7) is 0.451. The number of methoxy groups -OCH3 is 1. The molecule has 0 radical (unpaired) electrons. The van der Waals surface area contributed by atoms with Crippen LogP contribution in [0.1, 0.15) is 11.0 Å². The monoisotopic (exact) mass is 430 g/mol. The molecular weight excluding hydrogens is 408 g/mol. The number of anilines is 1. The normalized spacial score (nSPS) is 11.8. The Labute approximate surface area is 177 Å². The first kappa shape index (κ1) is 21.1. The number of aromatic nitrogens is 2. The zero-order chi connectivity index (χ0) is 20.5. The summed E-state index contributed by atoms with van der Waals surface area (Å²) in [4.78, 5) is 26.4. The van der Waals surface area contributed by atoms with Crippen molar-refractivity contribution in [1.82, 2.24) is 15.1 Å². The van der Waals surface area contributed by atoms with E-state index < -0.39 is 0 Å². The molecule has 2 aromatic heterocycles. The van der Waals surface area contributed by atoms with Crippen LogP contribution in [0.5, 0.6) is 0 Å². The van der Waals surface area contributed by atoms with Gasteiger partial charge >= 0.3 is 0 Å². The molecule has 152 valence electrons. The number of rotatable bonds is 10. The van der Waals surface area contributed by atoms with Gasteiger partial charge in [-0.1, -0.05) is 24.3 Å². The highest BCUT2D eigenvalue weighted by Crippen LogP contribution is 2.21. The van der Waals surface area contributed by atoms with Gasteiger partial charge in [0, 0.05) is 29.6 Å². The third-order valence-corrected chi connectivity index (χ3v) is 5.94. The molecule has 2 amide bonds. The molecule has 0 fully saturated rings. The highest BCUT2D eigenvalue weighted by molar-refractivity contribution is 8.00. The van der Waals surface area contributed by atoms with Crippen LogP contribution in [0.2, 0.25) is 0 Å². The number of thioether (sulfide) groups is 1. The van der Waals surface area contributed by atoms with E-state index in [2.05, 4.69) is 15.7 Å². The van der Waals surface area contributed by atoms with E-state index in [4.69, 9.17) is 4.74 Å². The number of thiophene rings is 1. The zero-order valence-electron chi connectivity index (χ0n) is 15.9. The van der Waals surface area contributed by atoms with Gasteiger partial charge in [-0.3, -0.25) is 14.3 Å². The fourth-order valence-corrected chi connectivity index (χ4v) is 4.08. The number of carbonyl (C=O) groups is 2.